The Morgan fingerprint density at radius 1 is 1.17 bits per heavy atom. The first kappa shape index (κ1) is 20.3. The summed E-state index contributed by atoms with van der Waals surface area (Å²) in [5.74, 6) is 1.55. The number of thioether (sulfide) groups is 1. The summed E-state index contributed by atoms with van der Waals surface area (Å²) in [6, 6.07) is 8.16. The predicted molar refractivity (Wildman–Crippen MR) is 121 cm³/mol. The highest BCUT2D eigenvalue weighted by Gasteiger charge is 2.46. The standard InChI is InChI=1S/C22H31N5OS/c1-14-8-9-22(18(14)23)10-12-27(13-11-22)21-25-19(24)17(20(28)26(21)2)15-4-6-16(29-3)7-5-15/h4-7,14,18H,8-13,23-24H2,1-3H3/t14-,18-/m1/s1. The lowest BCUT2D eigenvalue weighted by atomic mass is 9.73. The maximum absolute atomic E-state index is 13.1. The third-order valence-corrected chi connectivity index (χ3v) is 7.88. The maximum Gasteiger partial charge on any atom is 0.264 e. The molecule has 1 saturated heterocycles. The van der Waals surface area contributed by atoms with Crippen molar-refractivity contribution in [2.24, 2.45) is 24.1 Å². The lowest BCUT2D eigenvalue weighted by Gasteiger charge is -2.43. The molecule has 6 nitrogen and oxygen atoms in total. The second-order valence-corrected chi connectivity index (χ2v) is 9.54. The summed E-state index contributed by atoms with van der Waals surface area (Å²) in [7, 11) is 1.79. The molecule has 0 unspecified atom stereocenters. The first-order valence-corrected chi connectivity index (χ1v) is 11.6. The molecular weight excluding hydrogens is 382 g/mol. The summed E-state index contributed by atoms with van der Waals surface area (Å²) in [5.41, 5.74) is 14.3. The molecule has 7 heteroatoms. The van der Waals surface area contributed by atoms with Gasteiger partial charge in [-0.3, -0.25) is 9.36 Å². The van der Waals surface area contributed by atoms with Crippen LogP contribution in [0, 0.1) is 11.3 Å². The number of aromatic nitrogens is 2. The van der Waals surface area contributed by atoms with Crippen LogP contribution in [0.4, 0.5) is 11.8 Å². The van der Waals surface area contributed by atoms with Crippen LogP contribution in [-0.2, 0) is 7.05 Å². The number of anilines is 2. The molecule has 1 spiro atoms. The van der Waals surface area contributed by atoms with Gasteiger partial charge in [-0.05, 0) is 61.0 Å². The van der Waals surface area contributed by atoms with E-state index in [1.54, 1.807) is 23.4 Å². The van der Waals surface area contributed by atoms with Crippen LogP contribution in [0.2, 0.25) is 0 Å². The zero-order valence-corrected chi connectivity index (χ0v) is 18.3. The Labute approximate surface area is 176 Å². The van der Waals surface area contributed by atoms with E-state index in [0.717, 1.165) is 36.4 Å². The Kier molecular flexibility index (Phi) is 5.38. The van der Waals surface area contributed by atoms with Crippen LogP contribution < -0.4 is 21.9 Å². The summed E-state index contributed by atoms with van der Waals surface area (Å²) in [6.45, 7) is 3.99. The molecule has 1 aliphatic heterocycles. The highest BCUT2D eigenvalue weighted by Crippen LogP contribution is 2.48. The van der Waals surface area contributed by atoms with E-state index >= 15 is 0 Å². The van der Waals surface area contributed by atoms with E-state index < -0.39 is 0 Å². The first-order chi connectivity index (χ1) is 13.9. The van der Waals surface area contributed by atoms with Crippen molar-refractivity contribution in [1.29, 1.82) is 0 Å². The average molecular weight is 414 g/mol. The Morgan fingerprint density at radius 2 is 1.83 bits per heavy atom. The largest absolute Gasteiger partial charge is 0.383 e. The molecule has 4 N–H and O–H groups in total. The van der Waals surface area contributed by atoms with Crippen molar-refractivity contribution < 1.29 is 0 Å². The summed E-state index contributed by atoms with van der Waals surface area (Å²) >= 11 is 1.67. The van der Waals surface area contributed by atoms with E-state index in [-0.39, 0.29) is 17.0 Å². The van der Waals surface area contributed by atoms with Gasteiger partial charge in [0, 0.05) is 31.1 Å². The Bertz CT molecular complexity index is 947. The number of hydrogen-bond acceptors (Lipinski definition) is 6. The van der Waals surface area contributed by atoms with Gasteiger partial charge < -0.3 is 16.4 Å². The van der Waals surface area contributed by atoms with Crippen molar-refractivity contribution >= 4 is 23.5 Å². The fourth-order valence-electron chi connectivity index (χ4n) is 5.12. The fourth-order valence-corrected chi connectivity index (χ4v) is 5.53. The highest BCUT2D eigenvalue weighted by atomic mass is 32.2. The number of nitrogens with two attached hydrogens (primary N) is 2. The van der Waals surface area contributed by atoms with Crippen LogP contribution in [0.1, 0.15) is 32.6 Å². The topological polar surface area (TPSA) is 90.2 Å². The van der Waals surface area contributed by atoms with Crippen molar-refractivity contribution in [2.45, 2.75) is 43.5 Å². The van der Waals surface area contributed by atoms with Gasteiger partial charge in [0.1, 0.15) is 5.82 Å². The molecule has 29 heavy (non-hydrogen) atoms. The smallest absolute Gasteiger partial charge is 0.264 e. The molecule has 156 valence electrons. The molecule has 2 fully saturated rings. The quantitative estimate of drug-likeness (QED) is 0.752. The summed E-state index contributed by atoms with van der Waals surface area (Å²) < 4.78 is 1.64. The van der Waals surface area contributed by atoms with Crippen LogP contribution in [0.25, 0.3) is 11.1 Å². The van der Waals surface area contributed by atoms with Gasteiger partial charge in [-0.25, -0.2) is 0 Å². The second kappa shape index (κ2) is 7.69. The van der Waals surface area contributed by atoms with Crippen LogP contribution in [-0.4, -0.2) is 34.9 Å². The SMILES string of the molecule is CSc1ccc(-c2c(N)nc(N3CCC4(CC[C@@H](C)[C@H]4N)CC3)n(C)c2=O)cc1. The monoisotopic (exact) mass is 413 g/mol. The molecular formula is C22H31N5OS. The molecule has 1 aromatic carbocycles. The molecule has 0 amide bonds. The van der Waals surface area contributed by atoms with Crippen molar-refractivity contribution in [3.8, 4) is 11.1 Å². The van der Waals surface area contributed by atoms with Crippen LogP contribution in [0.15, 0.2) is 34.0 Å². The van der Waals surface area contributed by atoms with Crippen molar-refractivity contribution in [3.63, 3.8) is 0 Å². The third kappa shape index (κ3) is 3.44. The molecule has 2 aliphatic rings. The summed E-state index contributed by atoms with van der Waals surface area (Å²) in [6.07, 6.45) is 6.55. The molecule has 2 atom stereocenters. The van der Waals surface area contributed by atoms with Crippen molar-refractivity contribution in [2.75, 3.05) is 30.0 Å². The van der Waals surface area contributed by atoms with Crippen molar-refractivity contribution in [1.82, 2.24) is 9.55 Å². The van der Waals surface area contributed by atoms with E-state index in [4.69, 9.17) is 11.5 Å². The second-order valence-electron chi connectivity index (χ2n) is 8.66. The van der Waals surface area contributed by atoms with Gasteiger partial charge in [-0.2, -0.15) is 4.98 Å². The minimum atomic E-state index is -0.101. The van der Waals surface area contributed by atoms with Gasteiger partial charge in [0.15, 0.2) is 0 Å². The average Bonchev–Trinajstić information content (AvgIpc) is 3.00. The van der Waals surface area contributed by atoms with E-state index in [1.807, 2.05) is 30.5 Å². The van der Waals surface area contributed by atoms with Crippen LogP contribution >= 0.6 is 11.8 Å². The van der Waals surface area contributed by atoms with E-state index in [1.165, 1.54) is 12.8 Å². The molecule has 0 radical (unpaired) electrons. The zero-order chi connectivity index (χ0) is 20.8. The normalized spacial score (nSPS) is 23.7. The molecule has 4 rings (SSSR count). The third-order valence-electron chi connectivity index (χ3n) is 7.13. The fraction of sp³-hybridized carbons (Fsp3) is 0.545. The number of hydrogen-bond donors (Lipinski definition) is 2. The van der Waals surface area contributed by atoms with Gasteiger partial charge in [-0.15, -0.1) is 11.8 Å². The number of benzene rings is 1. The number of nitrogens with zero attached hydrogens (tertiary/aromatic N) is 3. The molecule has 0 bridgehead atoms. The Balaban J connectivity index is 1.61. The highest BCUT2D eigenvalue weighted by molar-refractivity contribution is 7.98. The molecule has 1 saturated carbocycles. The van der Waals surface area contributed by atoms with Gasteiger partial charge in [0.05, 0.1) is 5.56 Å². The van der Waals surface area contributed by atoms with Gasteiger partial charge in [0.25, 0.3) is 5.56 Å². The predicted octanol–water partition coefficient (Wildman–Crippen LogP) is 3.10. The van der Waals surface area contributed by atoms with E-state index in [2.05, 4.69) is 16.8 Å². The Hall–Kier alpha value is -1.99. The van der Waals surface area contributed by atoms with Crippen molar-refractivity contribution in [3.05, 3.63) is 34.6 Å². The van der Waals surface area contributed by atoms with E-state index in [0.29, 0.717) is 23.2 Å². The summed E-state index contributed by atoms with van der Waals surface area (Å²) in [5, 5.41) is 0. The lowest BCUT2D eigenvalue weighted by molar-refractivity contribution is 0.185. The summed E-state index contributed by atoms with van der Waals surface area (Å²) in [4.78, 5) is 21.1. The minimum absolute atomic E-state index is 0.101. The van der Waals surface area contributed by atoms with Crippen LogP contribution in [0.3, 0.4) is 0 Å². The van der Waals surface area contributed by atoms with E-state index in [9.17, 15) is 4.79 Å². The van der Waals surface area contributed by atoms with Crippen LogP contribution in [0.5, 0.6) is 0 Å². The molecule has 1 aromatic heterocycles. The zero-order valence-electron chi connectivity index (χ0n) is 17.5. The molecule has 2 heterocycles. The van der Waals surface area contributed by atoms with Gasteiger partial charge >= 0.3 is 0 Å². The first-order valence-electron chi connectivity index (χ1n) is 10.4. The Morgan fingerprint density at radius 3 is 2.38 bits per heavy atom. The number of rotatable bonds is 3. The minimum Gasteiger partial charge on any atom is -0.383 e. The van der Waals surface area contributed by atoms with Gasteiger partial charge in [0.2, 0.25) is 5.95 Å². The maximum atomic E-state index is 13.1. The number of nitrogen functional groups attached to an aromatic ring is 1. The van der Waals surface area contributed by atoms with Gasteiger partial charge in [-0.1, -0.05) is 19.1 Å². The molecule has 1 aliphatic carbocycles. The lowest BCUT2D eigenvalue weighted by Crippen LogP contribution is -2.49. The number of piperidine rings is 1. The molecule has 2 aromatic rings.